The van der Waals surface area contributed by atoms with Gasteiger partial charge in [0, 0.05) is 6.42 Å². The van der Waals surface area contributed by atoms with E-state index < -0.39 is 20.0 Å². The summed E-state index contributed by atoms with van der Waals surface area (Å²) in [7, 11) is 1.60. The second kappa shape index (κ2) is 67.4. The zero-order chi connectivity index (χ0) is 61.9. The van der Waals surface area contributed by atoms with Crippen LogP contribution in [-0.4, -0.2) is 73.4 Å². The Morgan fingerprint density at radius 2 is 0.635 bits per heavy atom. The SMILES string of the molecule is CCCCCCCCCC/C=C\CCCCCCCCCCCCCCCCCCCCCCCCCC(=O)NC(COP(=O)(O)OCC[N+](C)(C)C)C(O)/C=C/CCCCCCCCCCCCCCCCCCCCCCCCCCCC. The van der Waals surface area contributed by atoms with Gasteiger partial charge in [-0.2, -0.15) is 0 Å². The summed E-state index contributed by atoms with van der Waals surface area (Å²) < 4.78 is 23.9. The van der Waals surface area contributed by atoms with Gasteiger partial charge in [-0.3, -0.25) is 13.8 Å². The number of aliphatic hydroxyl groups excluding tert-OH is 1. The third-order valence-corrected chi connectivity index (χ3v) is 18.9. The summed E-state index contributed by atoms with van der Waals surface area (Å²) in [6.45, 7) is 4.89. The number of phosphoric acid groups is 1. The highest BCUT2D eigenvalue weighted by Crippen LogP contribution is 2.43. The van der Waals surface area contributed by atoms with Crippen LogP contribution >= 0.6 is 7.82 Å². The highest BCUT2D eigenvalue weighted by Gasteiger charge is 2.28. The van der Waals surface area contributed by atoms with E-state index >= 15 is 0 Å². The van der Waals surface area contributed by atoms with E-state index in [-0.39, 0.29) is 19.1 Å². The number of carbonyl (C=O) groups excluding carboxylic acids is 1. The van der Waals surface area contributed by atoms with Crippen molar-refractivity contribution in [3.8, 4) is 0 Å². The minimum atomic E-state index is -4.35. The van der Waals surface area contributed by atoms with Crippen molar-refractivity contribution >= 4 is 13.7 Å². The van der Waals surface area contributed by atoms with Crippen molar-refractivity contribution in [2.45, 2.75) is 418 Å². The van der Waals surface area contributed by atoms with E-state index in [1.54, 1.807) is 6.08 Å². The van der Waals surface area contributed by atoms with Crippen molar-refractivity contribution in [3.63, 3.8) is 0 Å². The van der Waals surface area contributed by atoms with E-state index in [0.717, 1.165) is 32.1 Å². The predicted octanol–water partition coefficient (Wildman–Crippen LogP) is 24.6. The van der Waals surface area contributed by atoms with Gasteiger partial charge in [0.15, 0.2) is 0 Å². The third-order valence-electron chi connectivity index (χ3n) is 17.9. The molecule has 506 valence electrons. The van der Waals surface area contributed by atoms with Crippen molar-refractivity contribution in [1.82, 2.24) is 5.32 Å². The normalized spacial score (nSPS) is 13.6. The van der Waals surface area contributed by atoms with Crippen molar-refractivity contribution in [1.29, 1.82) is 0 Å². The molecule has 0 bridgehead atoms. The quantitative estimate of drug-likeness (QED) is 0.0243. The number of unbranched alkanes of at least 4 members (excludes halogenated alkanes) is 57. The lowest BCUT2D eigenvalue weighted by molar-refractivity contribution is -0.870. The summed E-state index contributed by atoms with van der Waals surface area (Å²) in [4.78, 5) is 23.5. The monoisotopic (exact) mass is 1220 g/mol. The molecule has 3 unspecified atom stereocenters. The molecule has 1 amide bonds. The molecule has 0 aromatic carbocycles. The van der Waals surface area contributed by atoms with Crippen LogP contribution in [-0.2, 0) is 18.4 Å². The molecular weight excluding hydrogens is 1070 g/mol. The van der Waals surface area contributed by atoms with Crippen LogP contribution in [0.5, 0.6) is 0 Å². The number of aliphatic hydroxyl groups is 1. The molecule has 0 spiro atoms. The Hall–Kier alpha value is -1.02. The van der Waals surface area contributed by atoms with Gasteiger partial charge in [-0.05, 0) is 44.9 Å². The minimum absolute atomic E-state index is 0.0648. The number of hydrogen-bond donors (Lipinski definition) is 3. The highest BCUT2D eigenvalue weighted by atomic mass is 31.2. The number of amides is 1. The molecule has 0 aromatic rings. The standard InChI is InChI=1S/C76H151N2O6P/c1-6-8-10-12-14-16-18-20-22-24-26-28-30-32-34-36-37-38-39-40-41-42-44-46-48-50-52-54-56-58-60-62-64-66-68-70-76(80)77-74(73-84-85(81,82)83-72-71-78(3,4)5)75(79)69-67-65-63-61-59-57-55-53-51-49-47-45-43-35-33-31-29-27-25-23-21-19-17-15-13-11-9-7-2/h24,26,67,69,74-75,79H,6-23,25,27-66,68,70-73H2,1-5H3,(H-,77,80,81,82)/p+1/b26-24-,69-67+. The number of nitrogens with one attached hydrogen (secondary N) is 1. The van der Waals surface area contributed by atoms with E-state index in [1.807, 2.05) is 27.2 Å². The van der Waals surface area contributed by atoms with E-state index in [4.69, 9.17) is 9.05 Å². The number of phosphoric ester groups is 1. The maximum atomic E-state index is 13.1. The van der Waals surface area contributed by atoms with Gasteiger partial charge in [0.25, 0.3) is 0 Å². The molecule has 3 atom stereocenters. The van der Waals surface area contributed by atoms with Crippen LogP contribution in [0.1, 0.15) is 406 Å². The first kappa shape index (κ1) is 84.0. The van der Waals surface area contributed by atoms with E-state index in [0.29, 0.717) is 17.4 Å². The summed E-state index contributed by atoms with van der Waals surface area (Å²) in [5, 5.41) is 14.0. The molecule has 0 radical (unpaired) electrons. The van der Waals surface area contributed by atoms with Crippen LogP contribution in [0, 0.1) is 0 Å². The first-order valence-corrected chi connectivity index (χ1v) is 39.7. The summed E-state index contributed by atoms with van der Waals surface area (Å²) in [6.07, 6.45) is 89.3. The lowest BCUT2D eigenvalue weighted by Crippen LogP contribution is -2.45. The molecule has 0 aliphatic rings. The maximum Gasteiger partial charge on any atom is 0.472 e. The van der Waals surface area contributed by atoms with Crippen LogP contribution < -0.4 is 5.32 Å². The Morgan fingerprint density at radius 1 is 0.388 bits per heavy atom. The van der Waals surface area contributed by atoms with Crippen LogP contribution in [0.3, 0.4) is 0 Å². The molecule has 9 heteroatoms. The Balaban J connectivity index is 3.96. The topological polar surface area (TPSA) is 105 Å². The number of rotatable bonds is 72. The lowest BCUT2D eigenvalue weighted by Gasteiger charge is -2.25. The molecule has 0 fully saturated rings. The van der Waals surface area contributed by atoms with E-state index in [9.17, 15) is 19.4 Å². The van der Waals surface area contributed by atoms with E-state index in [2.05, 4.69) is 31.3 Å². The molecule has 0 aliphatic carbocycles. The Kier molecular flexibility index (Phi) is 66.6. The Morgan fingerprint density at radius 3 is 0.906 bits per heavy atom. The van der Waals surface area contributed by atoms with Crippen LogP contribution in [0.2, 0.25) is 0 Å². The third kappa shape index (κ3) is 70.3. The highest BCUT2D eigenvalue weighted by molar-refractivity contribution is 7.47. The van der Waals surface area contributed by atoms with Crippen LogP contribution in [0.25, 0.3) is 0 Å². The first-order valence-electron chi connectivity index (χ1n) is 38.2. The molecule has 3 N–H and O–H groups in total. The minimum Gasteiger partial charge on any atom is -0.387 e. The number of allylic oxidation sites excluding steroid dienone is 3. The average Bonchev–Trinajstić information content (AvgIpc) is 3.48. The molecule has 0 aliphatic heterocycles. The molecular formula is C76H152N2O6P+. The second-order valence-electron chi connectivity index (χ2n) is 27.7. The molecule has 0 aromatic heterocycles. The molecule has 0 saturated carbocycles. The van der Waals surface area contributed by atoms with Gasteiger partial charge in [-0.15, -0.1) is 0 Å². The number of likely N-dealkylation sites (N-methyl/N-ethyl adjacent to an activating group) is 1. The van der Waals surface area contributed by atoms with Crippen molar-refractivity contribution in [3.05, 3.63) is 24.3 Å². The fourth-order valence-corrected chi connectivity index (χ4v) is 12.7. The smallest absolute Gasteiger partial charge is 0.387 e. The summed E-state index contributed by atoms with van der Waals surface area (Å²) in [5.41, 5.74) is 0. The largest absolute Gasteiger partial charge is 0.472 e. The zero-order valence-corrected chi connectivity index (χ0v) is 59.0. The number of nitrogens with zero attached hydrogens (tertiary/aromatic N) is 1. The first-order chi connectivity index (χ1) is 41.5. The fraction of sp³-hybridized carbons (Fsp3) is 0.934. The average molecular weight is 1220 g/mol. The van der Waals surface area contributed by atoms with Gasteiger partial charge in [0.2, 0.25) is 5.91 Å². The second-order valence-corrected chi connectivity index (χ2v) is 29.2. The van der Waals surface area contributed by atoms with E-state index in [1.165, 1.54) is 353 Å². The molecule has 8 nitrogen and oxygen atoms in total. The molecule has 0 rings (SSSR count). The number of hydrogen-bond acceptors (Lipinski definition) is 5. The van der Waals surface area contributed by atoms with Crippen molar-refractivity contribution in [2.75, 3.05) is 40.9 Å². The van der Waals surface area contributed by atoms with Crippen molar-refractivity contribution in [2.24, 2.45) is 0 Å². The molecule has 85 heavy (non-hydrogen) atoms. The van der Waals surface area contributed by atoms with Gasteiger partial charge in [0.1, 0.15) is 13.2 Å². The van der Waals surface area contributed by atoms with Gasteiger partial charge in [0.05, 0.1) is 39.9 Å². The fourth-order valence-electron chi connectivity index (χ4n) is 12.0. The number of quaternary nitrogens is 1. The van der Waals surface area contributed by atoms with Gasteiger partial charge in [-0.1, -0.05) is 378 Å². The zero-order valence-electron chi connectivity index (χ0n) is 58.1. The maximum absolute atomic E-state index is 13.1. The lowest BCUT2D eigenvalue weighted by atomic mass is 10.0. The summed E-state index contributed by atoms with van der Waals surface area (Å²) >= 11 is 0. The van der Waals surface area contributed by atoms with Gasteiger partial charge < -0.3 is 19.8 Å². The van der Waals surface area contributed by atoms with Gasteiger partial charge in [-0.25, -0.2) is 4.57 Å². The molecule has 0 saturated heterocycles. The van der Waals surface area contributed by atoms with Gasteiger partial charge >= 0.3 is 7.82 Å². The summed E-state index contributed by atoms with van der Waals surface area (Å²) in [6, 6.07) is -0.845. The number of carbonyl (C=O) groups is 1. The predicted molar refractivity (Wildman–Crippen MR) is 374 cm³/mol. The molecule has 0 heterocycles. The Labute approximate surface area is 532 Å². The summed E-state index contributed by atoms with van der Waals surface area (Å²) in [5.74, 6) is -0.167. The van der Waals surface area contributed by atoms with Crippen molar-refractivity contribution < 1.29 is 32.9 Å². The Bertz CT molecular complexity index is 1430. The van der Waals surface area contributed by atoms with Crippen LogP contribution in [0.15, 0.2) is 24.3 Å². The van der Waals surface area contributed by atoms with Crippen LogP contribution in [0.4, 0.5) is 0 Å².